The summed E-state index contributed by atoms with van der Waals surface area (Å²) in [6.07, 6.45) is 1.02. The number of benzene rings is 1. The van der Waals surface area contributed by atoms with Crippen molar-refractivity contribution in [3.63, 3.8) is 0 Å². The Bertz CT molecular complexity index is 467. The maximum atomic E-state index is 5.67. The van der Waals surface area contributed by atoms with Crippen LogP contribution in [0.2, 0.25) is 0 Å². The SMILES string of the molecule is CN(CCCOc1ccc(N)cc1)Cc1cccs1. The third kappa shape index (κ3) is 4.93. The maximum Gasteiger partial charge on any atom is 0.119 e. The van der Waals surface area contributed by atoms with Crippen molar-refractivity contribution < 1.29 is 4.74 Å². The first-order valence-corrected chi connectivity index (χ1v) is 7.31. The molecule has 1 aromatic heterocycles. The molecule has 102 valence electrons. The summed E-state index contributed by atoms with van der Waals surface area (Å²) in [5.41, 5.74) is 6.39. The number of nitrogens with zero attached hydrogens (tertiary/aromatic N) is 1. The minimum absolute atomic E-state index is 0.735. The van der Waals surface area contributed by atoms with E-state index in [9.17, 15) is 0 Å². The van der Waals surface area contributed by atoms with E-state index in [1.54, 1.807) is 11.3 Å². The smallest absolute Gasteiger partial charge is 0.119 e. The van der Waals surface area contributed by atoms with Crippen molar-refractivity contribution in [2.75, 3.05) is 25.9 Å². The molecule has 3 nitrogen and oxygen atoms in total. The molecule has 2 rings (SSSR count). The fourth-order valence-corrected chi connectivity index (χ4v) is 2.62. The Kier molecular flexibility index (Phi) is 5.24. The number of ether oxygens (including phenoxy) is 1. The molecule has 1 aromatic carbocycles. The molecule has 0 aliphatic heterocycles. The minimum Gasteiger partial charge on any atom is -0.494 e. The predicted octanol–water partition coefficient (Wildman–Crippen LogP) is 3.23. The molecule has 0 aliphatic carbocycles. The fourth-order valence-electron chi connectivity index (χ4n) is 1.84. The van der Waals surface area contributed by atoms with Crippen LogP contribution in [0.4, 0.5) is 5.69 Å². The normalized spacial score (nSPS) is 10.8. The summed E-state index contributed by atoms with van der Waals surface area (Å²) in [5, 5.41) is 2.12. The summed E-state index contributed by atoms with van der Waals surface area (Å²) in [7, 11) is 2.14. The number of hydrogen-bond donors (Lipinski definition) is 1. The van der Waals surface area contributed by atoms with Crippen LogP contribution in [0.3, 0.4) is 0 Å². The van der Waals surface area contributed by atoms with Gasteiger partial charge in [-0.15, -0.1) is 11.3 Å². The molecule has 0 aliphatic rings. The Balaban J connectivity index is 1.62. The zero-order valence-electron chi connectivity index (χ0n) is 11.2. The first kappa shape index (κ1) is 13.9. The van der Waals surface area contributed by atoms with E-state index in [-0.39, 0.29) is 0 Å². The standard InChI is InChI=1S/C15H20N2OS/c1-17(12-15-4-2-11-19-15)9-3-10-18-14-7-5-13(16)6-8-14/h2,4-8,11H,3,9-10,12,16H2,1H3. The van der Waals surface area contributed by atoms with Crippen LogP contribution in [0.15, 0.2) is 41.8 Å². The molecule has 0 spiro atoms. The number of nitrogen functional groups attached to an aromatic ring is 1. The second kappa shape index (κ2) is 7.16. The third-order valence-corrected chi connectivity index (χ3v) is 3.70. The van der Waals surface area contributed by atoms with Gasteiger partial charge >= 0.3 is 0 Å². The lowest BCUT2D eigenvalue weighted by molar-refractivity contribution is 0.260. The van der Waals surface area contributed by atoms with Gasteiger partial charge in [-0.2, -0.15) is 0 Å². The highest BCUT2D eigenvalue weighted by Crippen LogP contribution is 2.14. The molecule has 0 saturated carbocycles. The molecule has 0 fully saturated rings. The number of thiophene rings is 1. The quantitative estimate of drug-likeness (QED) is 0.623. The predicted molar refractivity (Wildman–Crippen MR) is 81.6 cm³/mol. The number of anilines is 1. The Hall–Kier alpha value is -1.52. The van der Waals surface area contributed by atoms with Gasteiger partial charge in [-0.1, -0.05) is 6.07 Å². The van der Waals surface area contributed by atoms with Gasteiger partial charge in [0, 0.05) is 23.7 Å². The Morgan fingerprint density at radius 3 is 2.68 bits per heavy atom. The molecule has 4 heteroatoms. The van der Waals surface area contributed by atoms with Crippen LogP contribution < -0.4 is 10.5 Å². The Morgan fingerprint density at radius 2 is 2.00 bits per heavy atom. The molecule has 0 radical (unpaired) electrons. The van der Waals surface area contributed by atoms with Crippen molar-refractivity contribution in [3.05, 3.63) is 46.7 Å². The Morgan fingerprint density at radius 1 is 1.21 bits per heavy atom. The van der Waals surface area contributed by atoms with E-state index in [1.165, 1.54) is 4.88 Å². The first-order valence-electron chi connectivity index (χ1n) is 6.43. The van der Waals surface area contributed by atoms with E-state index in [4.69, 9.17) is 10.5 Å². The second-order valence-electron chi connectivity index (χ2n) is 4.59. The van der Waals surface area contributed by atoms with Gasteiger partial charge in [0.2, 0.25) is 0 Å². The highest BCUT2D eigenvalue weighted by Gasteiger charge is 2.01. The molecule has 19 heavy (non-hydrogen) atoms. The summed E-state index contributed by atoms with van der Waals surface area (Å²) in [4.78, 5) is 3.72. The summed E-state index contributed by atoms with van der Waals surface area (Å²) in [6, 6.07) is 11.8. The first-order chi connectivity index (χ1) is 9.24. The van der Waals surface area contributed by atoms with Crippen LogP contribution >= 0.6 is 11.3 Å². The summed E-state index contributed by atoms with van der Waals surface area (Å²) >= 11 is 1.80. The lowest BCUT2D eigenvalue weighted by Gasteiger charge is -2.15. The van der Waals surface area contributed by atoms with Gasteiger partial charge in [-0.05, 0) is 49.2 Å². The van der Waals surface area contributed by atoms with Gasteiger partial charge in [0.05, 0.1) is 6.61 Å². The Labute approximate surface area is 118 Å². The van der Waals surface area contributed by atoms with Gasteiger partial charge < -0.3 is 15.4 Å². The van der Waals surface area contributed by atoms with E-state index in [0.29, 0.717) is 0 Å². The van der Waals surface area contributed by atoms with Crippen LogP contribution in [0.5, 0.6) is 5.75 Å². The highest BCUT2D eigenvalue weighted by atomic mass is 32.1. The van der Waals surface area contributed by atoms with Crippen LogP contribution in [0, 0.1) is 0 Å². The van der Waals surface area contributed by atoms with Crippen LogP contribution in [-0.4, -0.2) is 25.1 Å². The van der Waals surface area contributed by atoms with E-state index in [2.05, 4.69) is 29.5 Å². The van der Waals surface area contributed by atoms with Crippen molar-refractivity contribution in [1.29, 1.82) is 0 Å². The second-order valence-corrected chi connectivity index (χ2v) is 5.62. The molecule has 2 aromatic rings. The number of nitrogens with two attached hydrogens (primary N) is 1. The fraction of sp³-hybridized carbons (Fsp3) is 0.333. The summed E-state index contributed by atoms with van der Waals surface area (Å²) in [6.45, 7) is 2.78. The molecule has 0 amide bonds. The number of rotatable bonds is 7. The molecule has 0 saturated heterocycles. The van der Waals surface area contributed by atoms with Crippen molar-refractivity contribution >= 4 is 17.0 Å². The van der Waals surface area contributed by atoms with Gasteiger partial charge in [0.25, 0.3) is 0 Å². The lowest BCUT2D eigenvalue weighted by atomic mass is 10.3. The van der Waals surface area contributed by atoms with Crippen molar-refractivity contribution in [3.8, 4) is 5.75 Å². The molecular formula is C15H20N2OS. The zero-order valence-corrected chi connectivity index (χ0v) is 12.0. The monoisotopic (exact) mass is 276 g/mol. The summed E-state index contributed by atoms with van der Waals surface area (Å²) in [5.74, 6) is 0.884. The van der Waals surface area contributed by atoms with Crippen molar-refractivity contribution in [2.24, 2.45) is 0 Å². The third-order valence-electron chi connectivity index (χ3n) is 2.84. The van der Waals surface area contributed by atoms with Crippen LogP contribution in [0.1, 0.15) is 11.3 Å². The maximum absolute atomic E-state index is 5.67. The van der Waals surface area contributed by atoms with Gasteiger partial charge in [-0.25, -0.2) is 0 Å². The van der Waals surface area contributed by atoms with E-state index in [1.807, 2.05) is 24.3 Å². The largest absolute Gasteiger partial charge is 0.494 e. The molecule has 0 bridgehead atoms. The number of hydrogen-bond acceptors (Lipinski definition) is 4. The highest BCUT2D eigenvalue weighted by molar-refractivity contribution is 7.09. The van der Waals surface area contributed by atoms with Crippen molar-refractivity contribution in [2.45, 2.75) is 13.0 Å². The molecular weight excluding hydrogens is 256 g/mol. The average molecular weight is 276 g/mol. The average Bonchev–Trinajstić information content (AvgIpc) is 2.89. The van der Waals surface area contributed by atoms with E-state index < -0.39 is 0 Å². The lowest BCUT2D eigenvalue weighted by Crippen LogP contribution is -2.20. The minimum atomic E-state index is 0.735. The van der Waals surface area contributed by atoms with Crippen LogP contribution in [-0.2, 0) is 6.54 Å². The molecule has 1 heterocycles. The van der Waals surface area contributed by atoms with Crippen LogP contribution in [0.25, 0.3) is 0 Å². The van der Waals surface area contributed by atoms with E-state index >= 15 is 0 Å². The molecule has 0 unspecified atom stereocenters. The van der Waals surface area contributed by atoms with E-state index in [0.717, 1.165) is 37.6 Å². The van der Waals surface area contributed by atoms with Gasteiger partial charge in [-0.3, -0.25) is 0 Å². The van der Waals surface area contributed by atoms with Crippen molar-refractivity contribution in [1.82, 2.24) is 4.90 Å². The topological polar surface area (TPSA) is 38.5 Å². The summed E-state index contributed by atoms with van der Waals surface area (Å²) < 4.78 is 5.67. The molecule has 2 N–H and O–H groups in total. The van der Waals surface area contributed by atoms with Gasteiger partial charge in [0.1, 0.15) is 5.75 Å². The molecule has 0 atom stereocenters. The zero-order chi connectivity index (χ0) is 13.5. The van der Waals surface area contributed by atoms with Gasteiger partial charge in [0.15, 0.2) is 0 Å².